The van der Waals surface area contributed by atoms with E-state index in [4.69, 9.17) is 4.74 Å². The van der Waals surface area contributed by atoms with Crippen molar-refractivity contribution in [3.05, 3.63) is 28.2 Å². The van der Waals surface area contributed by atoms with Crippen molar-refractivity contribution in [2.75, 3.05) is 6.61 Å². The molecule has 0 aromatic heterocycles. The molecule has 1 rings (SSSR count). The normalized spacial score (nSPS) is 12.5. The van der Waals surface area contributed by atoms with E-state index in [1.54, 1.807) is 0 Å². The van der Waals surface area contributed by atoms with Crippen molar-refractivity contribution in [2.45, 2.75) is 39.8 Å². The first kappa shape index (κ1) is 13.5. The molecule has 0 saturated carbocycles. The van der Waals surface area contributed by atoms with Gasteiger partial charge in [-0.05, 0) is 53.9 Å². The molecule has 0 fully saturated rings. The quantitative estimate of drug-likeness (QED) is 0.860. The standard InChI is InChI=1S/C13H20BrNO/c1-4-10(3)15-9-11-6-7-13(16-5-2)12(14)8-11/h6-8,10,15H,4-5,9H2,1-3H3. The lowest BCUT2D eigenvalue weighted by Crippen LogP contribution is -2.24. The van der Waals surface area contributed by atoms with Crippen molar-refractivity contribution in [3.63, 3.8) is 0 Å². The largest absolute Gasteiger partial charge is 0.493 e. The second-order valence-corrected chi connectivity index (χ2v) is 4.74. The van der Waals surface area contributed by atoms with E-state index in [0.717, 1.165) is 23.2 Å². The van der Waals surface area contributed by atoms with Crippen LogP contribution in [0.5, 0.6) is 5.75 Å². The Hall–Kier alpha value is -0.540. The Balaban J connectivity index is 2.59. The van der Waals surface area contributed by atoms with Gasteiger partial charge >= 0.3 is 0 Å². The van der Waals surface area contributed by atoms with Crippen LogP contribution in [-0.2, 0) is 6.54 Å². The summed E-state index contributed by atoms with van der Waals surface area (Å²) in [4.78, 5) is 0. The van der Waals surface area contributed by atoms with Gasteiger partial charge in [-0.3, -0.25) is 0 Å². The van der Waals surface area contributed by atoms with Gasteiger partial charge in [-0.1, -0.05) is 13.0 Å². The number of rotatable bonds is 6. The first-order chi connectivity index (χ1) is 7.67. The highest BCUT2D eigenvalue weighted by Crippen LogP contribution is 2.25. The Morgan fingerprint density at radius 2 is 2.12 bits per heavy atom. The van der Waals surface area contributed by atoms with Gasteiger partial charge in [0.05, 0.1) is 11.1 Å². The number of hydrogen-bond acceptors (Lipinski definition) is 2. The van der Waals surface area contributed by atoms with Crippen molar-refractivity contribution >= 4 is 15.9 Å². The Bertz CT molecular complexity index is 328. The third-order valence-corrected chi connectivity index (χ3v) is 3.18. The fraction of sp³-hybridized carbons (Fsp3) is 0.538. The summed E-state index contributed by atoms with van der Waals surface area (Å²) in [6.45, 7) is 7.98. The molecular weight excluding hydrogens is 266 g/mol. The Kier molecular flexibility index (Phi) is 5.85. The molecule has 1 N–H and O–H groups in total. The summed E-state index contributed by atoms with van der Waals surface area (Å²) in [6, 6.07) is 6.79. The highest BCUT2D eigenvalue weighted by molar-refractivity contribution is 9.10. The summed E-state index contributed by atoms with van der Waals surface area (Å²) in [6.07, 6.45) is 1.15. The minimum atomic E-state index is 0.561. The maximum Gasteiger partial charge on any atom is 0.133 e. The lowest BCUT2D eigenvalue weighted by Gasteiger charge is -2.12. The molecule has 1 unspecified atom stereocenters. The lowest BCUT2D eigenvalue weighted by atomic mass is 10.2. The van der Waals surface area contributed by atoms with Crippen molar-refractivity contribution in [2.24, 2.45) is 0 Å². The second-order valence-electron chi connectivity index (χ2n) is 3.89. The molecule has 90 valence electrons. The third kappa shape index (κ3) is 4.14. The number of benzene rings is 1. The van der Waals surface area contributed by atoms with E-state index in [9.17, 15) is 0 Å². The molecule has 1 aromatic rings. The number of hydrogen-bond donors (Lipinski definition) is 1. The molecule has 0 amide bonds. The Labute approximate surface area is 107 Å². The molecular formula is C13H20BrNO. The third-order valence-electron chi connectivity index (χ3n) is 2.56. The molecule has 1 atom stereocenters. The van der Waals surface area contributed by atoms with Crippen LogP contribution < -0.4 is 10.1 Å². The smallest absolute Gasteiger partial charge is 0.133 e. The minimum absolute atomic E-state index is 0.561. The summed E-state index contributed by atoms with van der Waals surface area (Å²) >= 11 is 3.52. The fourth-order valence-corrected chi connectivity index (χ4v) is 1.90. The number of halogens is 1. The van der Waals surface area contributed by atoms with E-state index in [0.29, 0.717) is 12.6 Å². The zero-order chi connectivity index (χ0) is 12.0. The van der Waals surface area contributed by atoms with E-state index in [-0.39, 0.29) is 0 Å². The zero-order valence-electron chi connectivity index (χ0n) is 10.2. The molecule has 0 aliphatic rings. The second kappa shape index (κ2) is 6.92. The van der Waals surface area contributed by atoms with Gasteiger partial charge in [-0.15, -0.1) is 0 Å². The van der Waals surface area contributed by atoms with E-state index in [1.165, 1.54) is 5.56 Å². The molecule has 16 heavy (non-hydrogen) atoms. The fourth-order valence-electron chi connectivity index (χ4n) is 1.36. The Morgan fingerprint density at radius 1 is 1.38 bits per heavy atom. The van der Waals surface area contributed by atoms with Crippen molar-refractivity contribution in [1.82, 2.24) is 5.32 Å². The van der Waals surface area contributed by atoms with Gasteiger partial charge in [0.15, 0.2) is 0 Å². The lowest BCUT2D eigenvalue weighted by molar-refractivity contribution is 0.338. The molecule has 0 heterocycles. The van der Waals surface area contributed by atoms with Crippen LogP contribution in [0.2, 0.25) is 0 Å². The number of nitrogens with one attached hydrogen (secondary N) is 1. The van der Waals surface area contributed by atoms with Gasteiger partial charge in [-0.2, -0.15) is 0 Å². The monoisotopic (exact) mass is 285 g/mol. The van der Waals surface area contributed by atoms with Crippen LogP contribution in [0.1, 0.15) is 32.8 Å². The van der Waals surface area contributed by atoms with Gasteiger partial charge in [0, 0.05) is 12.6 Å². The van der Waals surface area contributed by atoms with Crippen LogP contribution >= 0.6 is 15.9 Å². The molecule has 0 bridgehead atoms. The average molecular weight is 286 g/mol. The van der Waals surface area contributed by atoms with Crippen molar-refractivity contribution < 1.29 is 4.74 Å². The highest BCUT2D eigenvalue weighted by Gasteiger charge is 2.03. The van der Waals surface area contributed by atoms with Gasteiger partial charge in [0.25, 0.3) is 0 Å². The van der Waals surface area contributed by atoms with E-state index >= 15 is 0 Å². The van der Waals surface area contributed by atoms with E-state index < -0.39 is 0 Å². The molecule has 2 nitrogen and oxygen atoms in total. The predicted octanol–water partition coefficient (Wildman–Crippen LogP) is 3.74. The molecule has 1 aromatic carbocycles. The molecule has 0 radical (unpaired) electrons. The maximum atomic E-state index is 5.47. The van der Waals surface area contributed by atoms with Crippen LogP contribution in [0, 0.1) is 0 Å². The molecule has 0 aliphatic carbocycles. The first-order valence-corrected chi connectivity index (χ1v) is 6.61. The Morgan fingerprint density at radius 3 is 2.69 bits per heavy atom. The van der Waals surface area contributed by atoms with Gasteiger partial charge in [0.1, 0.15) is 5.75 Å². The van der Waals surface area contributed by atoms with Gasteiger partial charge in [0.2, 0.25) is 0 Å². The summed E-state index contributed by atoms with van der Waals surface area (Å²) < 4.78 is 6.50. The maximum absolute atomic E-state index is 5.47. The number of ether oxygens (including phenoxy) is 1. The zero-order valence-corrected chi connectivity index (χ0v) is 11.8. The van der Waals surface area contributed by atoms with E-state index in [2.05, 4.69) is 47.2 Å². The van der Waals surface area contributed by atoms with Crippen molar-refractivity contribution in [1.29, 1.82) is 0 Å². The summed E-state index contributed by atoms with van der Waals surface area (Å²) in [7, 11) is 0. The predicted molar refractivity (Wildman–Crippen MR) is 71.9 cm³/mol. The summed E-state index contributed by atoms with van der Waals surface area (Å²) in [5.74, 6) is 0.912. The first-order valence-electron chi connectivity index (χ1n) is 5.82. The van der Waals surface area contributed by atoms with Crippen LogP contribution in [0.15, 0.2) is 22.7 Å². The van der Waals surface area contributed by atoms with Crippen LogP contribution in [0.25, 0.3) is 0 Å². The SMILES string of the molecule is CCOc1ccc(CNC(C)CC)cc1Br. The average Bonchev–Trinajstić information content (AvgIpc) is 2.29. The molecule has 0 spiro atoms. The summed E-state index contributed by atoms with van der Waals surface area (Å²) in [5, 5.41) is 3.47. The topological polar surface area (TPSA) is 21.3 Å². The molecule has 0 saturated heterocycles. The van der Waals surface area contributed by atoms with E-state index in [1.807, 2.05) is 13.0 Å². The van der Waals surface area contributed by atoms with Gasteiger partial charge in [-0.25, -0.2) is 0 Å². The highest BCUT2D eigenvalue weighted by atomic mass is 79.9. The van der Waals surface area contributed by atoms with Crippen LogP contribution in [0.3, 0.4) is 0 Å². The van der Waals surface area contributed by atoms with Gasteiger partial charge < -0.3 is 10.1 Å². The minimum Gasteiger partial charge on any atom is -0.493 e. The molecule has 3 heteroatoms. The van der Waals surface area contributed by atoms with Crippen LogP contribution in [-0.4, -0.2) is 12.6 Å². The van der Waals surface area contributed by atoms with Crippen LogP contribution in [0.4, 0.5) is 0 Å². The molecule has 0 aliphatic heterocycles. The van der Waals surface area contributed by atoms with Crippen molar-refractivity contribution in [3.8, 4) is 5.75 Å². The summed E-state index contributed by atoms with van der Waals surface area (Å²) in [5.41, 5.74) is 1.27.